The Hall–Kier alpha value is 0.270. The summed E-state index contributed by atoms with van der Waals surface area (Å²) in [6.07, 6.45) is 12.0. The van der Waals surface area contributed by atoms with E-state index in [1.54, 1.807) is 0 Å². The van der Waals surface area contributed by atoms with Crippen molar-refractivity contribution in [3.05, 3.63) is 0 Å². The molecule has 3 heteroatoms. The average molecular weight is 298 g/mol. The molecule has 0 aromatic heterocycles. The summed E-state index contributed by atoms with van der Waals surface area (Å²) in [6.45, 7) is 4.63. The lowest BCUT2D eigenvalue weighted by molar-refractivity contribution is -0.117. The lowest BCUT2D eigenvalue weighted by Crippen LogP contribution is -2.56. The molecule has 20 heavy (non-hydrogen) atoms. The first-order chi connectivity index (χ1) is 9.79. The van der Waals surface area contributed by atoms with Crippen molar-refractivity contribution in [2.75, 3.05) is 24.7 Å². The zero-order valence-corrected chi connectivity index (χ0v) is 13.9. The predicted molar refractivity (Wildman–Crippen MR) is 87.5 cm³/mol. The maximum Gasteiger partial charge on any atom is 0.0701 e. The molecule has 3 aliphatic rings. The molecular formula is C17H31NOS. The summed E-state index contributed by atoms with van der Waals surface area (Å²) in [4.78, 5) is 0. The molecule has 116 valence electrons. The van der Waals surface area contributed by atoms with Crippen LogP contribution in [-0.2, 0) is 4.74 Å². The Morgan fingerprint density at radius 1 is 1.15 bits per heavy atom. The molecule has 2 nitrogen and oxygen atoms in total. The monoisotopic (exact) mass is 297 g/mol. The predicted octanol–water partition coefficient (Wildman–Crippen LogP) is 3.99. The van der Waals surface area contributed by atoms with Crippen molar-refractivity contribution >= 4 is 11.8 Å². The Morgan fingerprint density at radius 2 is 2.00 bits per heavy atom. The summed E-state index contributed by atoms with van der Waals surface area (Å²) in [7, 11) is 0. The van der Waals surface area contributed by atoms with Gasteiger partial charge < -0.3 is 10.1 Å². The average Bonchev–Trinajstić information content (AvgIpc) is 2.74. The molecule has 0 amide bonds. The summed E-state index contributed by atoms with van der Waals surface area (Å²) in [5, 5.41) is 3.98. The third kappa shape index (κ3) is 3.05. The Bertz CT molecular complexity index is 301. The van der Waals surface area contributed by atoms with E-state index in [2.05, 4.69) is 24.0 Å². The number of thioether (sulfide) groups is 1. The molecule has 3 fully saturated rings. The van der Waals surface area contributed by atoms with Crippen LogP contribution in [0.5, 0.6) is 0 Å². The van der Waals surface area contributed by atoms with Crippen LogP contribution in [0.3, 0.4) is 0 Å². The lowest BCUT2D eigenvalue weighted by atomic mass is 9.69. The van der Waals surface area contributed by atoms with Crippen LogP contribution in [0.4, 0.5) is 0 Å². The third-order valence-corrected chi connectivity index (χ3v) is 7.07. The normalized spacial score (nSPS) is 38.5. The molecule has 3 aliphatic heterocycles. The highest BCUT2D eigenvalue weighted by molar-refractivity contribution is 7.99. The van der Waals surface area contributed by atoms with Crippen LogP contribution in [0.1, 0.15) is 64.7 Å². The van der Waals surface area contributed by atoms with E-state index in [1.807, 2.05) is 0 Å². The van der Waals surface area contributed by atoms with Gasteiger partial charge in [0.05, 0.1) is 5.60 Å². The van der Waals surface area contributed by atoms with Crippen LogP contribution in [-0.4, -0.2) is 35.8 Å². The van der Waals surface area contributed by atoms with Crippen LogP contribution < -0.4 is 5.32 Å². The van der Waals surface area contributed by atoms with E-state index in [0.717, 1.165) is 12.5 Å². The van der Waals surface area contributed by atoms with Crippen LogP contribution in [0, 0.1) is 5.92 Å². The van der Waals surface area contributed by atoms with Crippen LogP contribution >= 0.6 is 11.8 Å². The molecule has 1 spiro atoms. The minimum atomic E-state index is 0.240. The largest absolute Gasteiger partial charge is 0.375 e. The van der Waals surface area contributed by atoms with Gasteiger partial charge in [0.15, 0.2) is 0 Å². The molecule has 0 bridgehead atoms. The second-order valence-electron chi connectivity index (χ2n) is 7.08. The standard InChI is InChI=1S/C17H31NOS/c1-2-17(7-4-3-5-10-18-17)15-6-11-19-16(14-15)8-12-20-13-9-16/h15,18H,2-14H2,1H3. The first-order valence-electron chi connectivity index (χ1n) is 8.75. The number of ether oxygens (including phenoxy) is 1. The Morgan fingerprint density at radius 3 is 2.80 bits per heavy atom. The summed E-state index contributed by atoms with van der Waals surface area (Å²) in [5.41, 5.74) is 0.655. The van der Waals surface area contributed by atoms with Gasteiger partial charge in [-0.2, -0.15) is 11.8 Å². The molecule has 2 unspecified atom stereocenters. The van der Waals surface area contributed by atoms with E-state index < -0.39 is 0 Å². The van der Waals surface area contributed by atoms with Gasteiger partial charge >= 0.3 is 0 Å². The molecule has 0 radical (unpaired) electrons. The molecule has 3 rings (SSSR count). The first-order valence-corrected chi connectivity index (χ1v) is 9.91. The number of rotatable bonds is 2. The van der Waals surface area contributed by atoms with Crippen LogP contribution in [0.15, 0.2) is 0 Å². The Balaban J connectivity index is 1.73. The maximum atomic E-state index is 6.31. The fraction of sp³-hybridized carbons (Fsp3) is 1.00. The minimum absolute atomic E-state index is 0.240. The lowest BCUT2D eigenvalue weighted by Gasteiger charge is -2.50. The summed E-state index contributed by atoms with van der Waals surface area (Å²) >= 11 is 2.11. The van der Waals surface area contributed by atoms with E-state index >= 15 is 0 Å². The van der Waals surface area contributed by atoms with Gasteiger partial charge in [-0.25, -0.2) is 0 Å². The van der Waals surface area contributed by atoms with Gasteiger partial charge in [-0.15, -0.1) is 0 Å². The van der Waals surface area contributed by atoms with Crippen molar-refractivity contribution in [2.24, 2.45) is 5.92 Å². The Kier molecular flexibility index (Phi) is 4.99. The van der Waals surface area contributed by atoms with E-state index in [0.29, 0.717) is 5.54 Å². The van der Waals surface area contributed by atoms with Gasteiger partial charge in [0.2, 0.25) is 0 Å². The van der Waals surface area contributed by atoms with Gasteiger partial charge in [0.25, 0.3) is 0 Å². The van der Waals surface area contributed by atoms with E-state index in [-0.39, 0.29) is 5.60 Å². The van der Waals surface area contributed by atoms with Crippen molar-refractivity contribution in [1.82, 2.24) is 5.32 Å². The van der Waals surface area contributed by atoms with Crippen molar-refractivity contribution in [1.29, 1.82) is 0 Å². The molecule has 0 saturated carbocycles. The highest BCUT2D eigenvalue weighted by Gasteiger charge is 2.46. The van der Waals surface area contributed by atoms with Crippen LogP contribution in [0.25, 0.3) is 0 Å². The van der Waals surface area contributed by atoms with E-state index in [9.17, 15) is 0 Å². The number of nitrogens with one attached hydrogen (secondary N) is 1. The third-order valence-electron chi connectivity index (χ3n) is 6.09. The molecule has 3 heterocycles. The second-order valence-corrected chi connectivity index (χ2v) is 8.31. The van der Waals surface area contributed by atoms with Gasteiger partial charge in [-0.1, -0.05) is 19.8 Å². The summed E-state index contributed by atoms with van der Waals surface area (Å²) < 4.78 is 6.31. The molecule has 1 N–H and O–H groups in total. The van der Waals surface area contributed by atoms with Crippen molar-refractivity contribution in [3.8, 4) is 0 Å². The molecule has 3 saturated heterocycles. The van der Waals surface area contributed by atoms with E-state index in [4.69, 9.17) is 4.74 Å². The highest BCUT2D eigenvalue weighted by atomic mass is 32.2. The quantitative estimate of drug-likeness (QED) is 0.832. The molecule has 0 aromatic rings. The first kappa shape index (κ1) is 15.2. The highest BCUT2D eigenvalue weighted by Crippen LogP contribution is 2.45. The molecular weight excluding hydrogens is 266 g/mol. The SMILES string of the molecule is CCC1(C2CCOC3(CCSCC3)C2)CCCCCN1. The molecule has 0 aliphatic carbocycles. The van der Waals surface area contributed by atoms with Crippen molar-refractivity contribution < 1.29 is 4.74 Å². The molecule has 2 atom stereocenters. The van der Waals surface area contributed by atoms with Crippen molar-refractivity contribution in [3.63, 3.8) is 0 Å². The fourth-order valence-corrected chi connectivity index (χ4v) is 5.93. The van der Waals surface area contributed by atoms with Gasteiger partial charge in [0, 0.05) is 12.1 Å². The second kappa shape index (κ2) is 6.58. The van der Waals surface area contributed by atoms with Gasteiger partial charge in [-0.3, -0.25) is 0 Å². The zero-order chi connectivity index (χ0) is 13.9. The fourth-order valence-electron chi connectivity index (χ4n) is 4.70. The summed E-state index contributed by atoms with van der Waals surface area (Å²) in [5.74, 6) is 3.45. The van der Waals surface area contributed by atoms with Gasteiger partial charge in [-0.05, 0) is 68.9 Å². The van der Waals surface area contributed by atoms with Gasteiger partial charge in [0.1, 0.15) is 0 Å². The Labute approximate surface area is 128 Å². The zero-order valence-electron chi connectivity index (χ0n) is 13.1. The smallest absolute Gasteiger partial charge is 0.0701 e. The number of hydrogen-bond acceptors (Lipinski definition) is 3. The molecule has 0 aromatic carbocycles. The minimum Gasteiger partial charge on any atom is -0.375 e. The van der Waals surface area contributed by atoms with Crippen molar-refractivity contribution in [2.45, 2.75) is 75.9 Å². The van der Waals surface area contributed by atoms with Crippen LogP contribution in [0.2, 0.25) is 0 Å². The number of hydrogen-bond donors (Lipinski definition) is 1. The van der Waals surface area contributed by atoms with E-state index in [1.165, 1.54) is 75.8 Å². The topological polar surface area (TPSA) is 21.3 Å². The maximum absolute atomic E-state index is 6.31. The summed E-state index contributed by atoms with van der Waals surface area (Å²) in [6, 6.07) is 0.